The molecule has 0 heterocycles. The fourth-order valence-electron chi connectivity index (χ4n) is 0.785. The van der Waals surface area contributed by atoms with Crippen molar-refractivity contribution in [1.29, 1.82) is 0 Å². The molecular weight excluding hydrogens is 164 g/mol. The van der Waals surface area contributed by atoms with Gasteiger partial charge in [0.2, 0.25) is 0 Å². The van der Waals surface area contributed by atoms with Crippen LogP contribution >= 0.6 is 0 Å². The summed E-state index contributed by atoms with van der Waals surface area (Å²) in [5.74, 6) is 0. The van der Waals surface area contributed by atoms with Gasteiger partial charge >= 0.3 is 67.9 Å². The van der Waals surface area contributed by atoms with Crippen LogP contribution in [0.2, 0.25) is 9.95 Å². The van der Waals surface area contributed by atoms with Crippen LogP contribution in [0.1, 0.15) is 19.8 Å². The SMILES string of the molecule is CCC[CH2][Ti]([CH3])([O]C)[O]C. The zero-order valence-corrected chi connectivity index (χ0v) is 9.00. The van der Waals surface area contributed by atoms with Gasteiger partial charge in [-0.3, -0.25) is 0 Å². The van der Waals surface area contributed by atoms with Gasteiger partial charge < -0.3 is 0 Å². The maximum absolute atomic E-state index is 5.35. The topological polar surface area (TPSA) is 18.5 Å². The molecule has 0 radical (unpaired) electrons. The van der Waals surface area contributed by atoms with Gasteiger partial charge in [0, 0.05) is 0 Å². The molecule has 0 aliphatic heterocycles. The van der Waals surface area contributed by atoms with Crippen LogP contribution in [-0.4, -0.2) is 14.2 Å². The molecule has 0 aromatic heterocycles. The van der Waals surface area contributed by atoms with Crippen molar-refractivity contribution in [3.8, 4) is 0 Å². The molecule has 0 saturated carbocycles. The van der Waals surface area contributed by atoms with Crippen LogP contribution < -0.4 is 0 Å². The van der Waals surface area contributed by atoms with Crippen molar-refractivity contribution in [3.63, 3.8) is 0 Å². The van der Waals surface area contributed by atoms with Gasteiger partial charge in [-0.2, -0.15) is 0 Å². The molecule has 3 heteroatoms. The molecule has 0 aromatic carbocycles. The summed E-state index contributed by atoms with van der Waals surface area (Å²) in [6.45, 7) is 2.19. The molecule has 0 amide bonds. The average Bonchev–Trinajstić information content (AvgIpc) is 2.00. The first kappa shape index (κ1) is 10.6. The van der Waals surface area contributed by atoms with E-state index in [9.17, 15) is 0 Å². The Balaban J connectivity index is 3.58. The second-order valence-electron chi connectivity index (χ2n) is 2.65. The molecular formula is C7H18O2Ti. The molecule has 0 saturated heterocycles. The van der Waals surface area contributed by atoms with E-state index in [0.29, 0.717) is 0 Å². The van der Waals surface area contributed by atoms with E-state index >= 15 is 0 Å². The molecule has 0 spiro atoms. The van der Waals surface area contributed by atoms with E-state index in [2.05, 4.69) is 12.2 Å². The predicted molar refractivity (Wildman–Crippen MR) is 39.6 cm³/mol. The molecule has 0 N–H and O–H groups in total. The second-order valence-corrected chi connectivity index (χ2v) is 8.24. The Hall–Kier alpha value is 0.634. The van der Waals surface area contributed by atoms with Crippen molar-refractivity contribution in [2.75, 3.05) is 14.2 Å². The van der Waals surface area contributed by atoms with Gasteiger partial charge in [-0.1, -0.05) is 0 Å². The summed E-state index contributed by atoms with van der Waals surface area (Å²) in [7, 11) is 3.53. The molecule has 0 unspecified atom stereocenters. The summed E-state index contributed by atoms with van der Waals surface area (Å²) < 4.78 is 11.9. The monoisotopic (exact) mass is 182 g/mol. The Morgan fingerprint density at radius 1 is 1.20 bits per heavy atom. The first-order valence-corrected chi connectivity index (χ1v) is 7.73. The van der Waals surface area contributed by atoms with Gasteiger partial charge in [-0.25, -0.2) is 0 Å². The van der Waals surface area contributed by atoms with Crippen molar-refractivity contribution >= 4 is 0 Å². The maximum atomic E-state index is 5.35. The van der Waals surface area contributed by atoms with Crippen LogP contribution in [0.15, 0.2) is 0 Å². The van der Waals surface area contributed by atoms with E-state index < -0.39 is 17.4 Å². The fourth-order valence-corrected chi connectivity index (χ4v) is 3.24. The zero-order chi connectivity index (χ0) is 8.04. The summed E-state index contributed by atoms with van der Waals surface area (Å²) in [6, 6.07) is 0. The first-order valence-electron chi connectivity index (χ1n) is 3.79. The number of unbranched alkanes of at least 4 members (excludes halogenated alkanes) is 1. The van der Waals surface area contributed by atoms with Gasteiger partial charge in [0.15, 0.2) is 0 Å². The third-order valence-corrected chi connectivity index (χ3v) is 6.52. The minimum absolute atomic E-state index is 1.16. The molecule has 10 heavy (non-hydrogen) atoms. The minimum atomic E-state index is -2.19. The molecule has 0 aromatic rings. The molecule has 62 valence electrons. The Morgan fingerprint density at radius 2 is 1.70 bits per heavy atom. The van der Waals surface area contributed by atoms with E-state index in [4.69, 9.17) is 6.64 Å². The predicted octanol–water partition coefficient (Wildman–Crippen LogP) is 2.53. The molecule has 0 aliphatic carbocycles. The van der Waals surface area contributed by atoms with Gasteiger partial charge in [0.1, 0.15) is 0 Å². The van der Waals surface area contributed by atoms with Gasteiger partial charge in [0.05, 0.1) is 0 Å². The number of hydrogen-bond donors (Lipinski definition) is 0. The average molecular weight is 182 g/mol. The molecule has 0 fully saturated rings. The summed E-state index contributed by atoms with van der Waals surface area (Å²) in [5.41, 5.74) is 0. The van der Waals surface area contributed by atoms with E-state index in [1.165, 1.54) is 12.8 Å². The quantitative estimate of drug-likeness (QED) is 0.608. The van der Waals surface area contributed by atoms with E-state index in [1.54, 1.807) is 14.2 Å². The molecule has 0 bridgehead atoms. The number of rotatable bonds is 5. The van der Waals surface area contributed by atoms with E-state index in [-0.39, 0.29) is 0 Å². The Bertz CT molecular complexity index is 81.7. The van der Waals surface area contributed by atoms with Crippen LogP contribution in [0.3, 0.4) is 0 Å². The van der Waals surface area contributed by atoms with Gasteiger partial charge in [-0.05, 0) is 0 Å². The van der Waals surface area contributed by atoms with E-state index in [0.717, 1.165) is 4.73 Å². The van der Waals surface area contributed by atoms with Crippen molar-refractivity contribution in [2.24, 2.45) is 0 Å². The Morgan fingerprint density at radius 3 is 2.00 bits per heavy atom. The Kier molecular flexibility index (Phi) is 5.64. The first-order chi connectivity index (χ1) is 4.68. The standard InChI is InChI=1S/C4H9.2CH3O.CH3.Ti/c1-3-4-2;2*1-2;;/h1,3-4H2,2H3;2*1H3;1H3;/q;2*-1;;+2. The summed E-state index contributed by atoms with van der Waals surface area (Å²) in [4.78, 5) is 0. The third kappa shape index (κ3) is 3.72. The van der Waals surface area contributed by atoms with Crippen LogP contribution in [0, 0.1) is 0 Å². The molecule has 2 nitrogen and oxygen atoms in total. The summed E-state index contributed by atoms with van der Waals surface area (Å²) >= 11 is -2.19. The fraction of sp³-hybridized carbons (Fsp3) is 1.00. The van der Waals surface area contributed by atoms with Crippen LogP contribution in [0.4, 0.5) is 0 Å². The molecule has 0 atom stereocenters. The van der Waals surface area contributed by atoms with Crippen molar-refractivity contribution in [1.82, 2.24) is 0 Å². The zero-order valence-electron chi connectivity index (χ0n) is 7.44. The summed E-state index contributed by atoms with van der Waals surface area (Å²) in [6.07, 6.45) is 2.46. The van der Waals surface area contributed by atoms with Crippen molar-refractivity contribution < 1.29 is 24.0 Å². The van der Waals surface area contributed by atoms with Crippen molar-refractivity contribution in [3.05, 3.63) is 0 Å². The third-order valence-electron chi connectivity index (χ3n) is 1.85. The van der Waals surface area contributed by atoms with Gasteiger partial charge in [0.25, 0.3) is 0 Å². The van der Waals surface area contributed by atoms with Crippen LogP contribution in [0.5, 0.6) is 0 Å². The van der Waals surface area contributed by atoms with Crippen molar-refractivity contribution in [2.45, 2.75) is 29.7 Å². The van der Waals surface area contributed by atoms with E-state index in [1.807, 2.05) is 0 Å². The normalized spacial score (nSPS) is 12.0. The second kappa shape index (κ2) is 5.31. The number of hydrogen-bond acceptors (Lipinski definition) is 2. The molecule has 0 rings (SSSR count). The Labute approximate surface area is 68.2 Å². The summed E-state index contributed by atoms with van der Waals surface area (Å²) in [5, 5.41) is 2.15. The van der Waals surface area contributed by atoms with Gasteiger partial charge in [-0.15, -0.1) is 0 Å². The van der Waals surface area contributed by atoms with Crippen LogP contribution in [-0.2, 0) is 24.0 Å². The molecule has 0 aliphatic rings. The van der Waals surface area contributed by atoms with Crippen LogP contribution in [0.25, 0.3) is 0 Å².